The molecule has 0 spiro atoms. The Bertz CT molecular complexity index is 491. The molecule has 1 N–H and O–H groups in total. The summed E-state index contributed by atoms with van der Waals surface area (Å²) in [5.41, 5.74) is 0. The SMILES string of the molecule is CCCOC[C@H]1[C@@H](CC=CCCCCc2nn[nH]n2)[C@H]2CC[C@@H]1O2. The van der Waals surface area contributed by atoms with Gasteiger partial charge in [-0.2, -0.15) is 5.21 Å². The van der Waals surface area contributed by atoms with E-state index in [-0.39, 0.29) is 0 Å². The van der Waals surface area contributed by atoms with Crippen LogP contribution >= 0.6 is 0 Å². The van der Waals surface area contributed by atoms with Crippen molar-refractivity contribution in [1.82, 2.24) is 20.6 Å². The summed E-state index contributed by atoms with van der Waals surface area (Å²) >= 11 is 0. The normalized spacial score (nSPS) is 29.0. The van der Waals surface area contributed by atoms with Crippen molar-refractivity contribution in [2.24, 2.45) is 11.8 Å². The maximum Gasteiger partial charge on any atom is 0.174 e. The highest BCUT2D eigenvalue weighted by Gasteiger charge is 2.47. The van der Waals surface area contributed by atoms with Gasteiger partial charge in [-0.15, -0.1) is 10.2 Å². The first-order chi connectivity index (χ1) is 11.9. The molecule has 24 heavy (non-hydrogen) atoms. The maximum atomic E-state index is 6.13. The second kappa shape index (κ2) is 9.28. The van der Waals surface area contributed by atoms with Gasteiger partial charge in [-0.05, 0) is 50.9 Å². The van der Waals surface area contributed by atoms with Gasteiger partial charge < -0.3 is 9.47 Å². The van der Waals surface area contributed by atoms with Gasteiger partial charge in [0.1, 0.15) is 0 Å². The van der Waals surface area contributed by atoms with E-state index in [0.29, 0.717) is 24.0 Å². The molecule has 0 saturated carbocycles. The lowest BCUT2D eigenvalue weighted by Crippen LogP contribution is -2.30. The molecule has 4 atom stereocenters. The van der Waals surface area contributed by atoms with E-state index in [1.54, 1.807) is 0 Å². The molecule has 6 nitrogen and oxygen atoms in total. The lowest BCUT2D eigenvalue weighted by Gasteiger charge is -2.27. The number of nitrogens with zero attached hydrogens (tertiary/aromatic N) is 3. The number of aromatic nitrogens is 4. The molecule has 0 amide bonds. The zero-order valence-corrected chi connectivity index (χ0v) is 14.7. The van der Waals surface area contributed by atoms with Crippen LogP contribution in [0, 0.1) is 11.8 Å². The topological polar surface area (TPSA) is 72.9 Å². The van der Waals surface area contributed by atoms with Crippen molar-refractivity contribution in [3.8, 4) is 0 Å². The van der Waals surface area contributed by atoms with E-state index in [9.17, 15) is 0 Å². The molecule has 0 unspecified atom stereocenters. The van der Waals surface area contributed by atoms with Crippen LogP contribution in [0.3, 0.4) is 0 Å². The Labute approximate surface area is 144 Å². The van der Waals surface area contributed by atoms with Crippen LogP contribution in [0.4, 0.5) is 0 Å². The summed E-state index contributed by atoms with van der Waals surface area (Å²) in [6.45, 7) is 3.91. The fraction of sp³-hybridized carbons (Fsp3) is 0.833. The van der Waals surface area contributed by atoms with Crippen molar-refractivity contribution < 1.29 is 9.47 Å². The summed E-state index contributed by atoms with van der Waals surface area (Å²) in [5, 5.41) is 14.0. The van der Waals surface area contributed by atoms with Crippen LogP contribution in [0.15, 0.2) is 12.2 Å². The van der Waals surface area contributed by atoms with Crippen molar-refractivity contribution in [2.45, 2.75) is 70.5 Å². The second-order valence-electron chi connectivity index (χ2n) is 6.97. The van der Waals surface area contributed by atoms with E-state index in [1.165, 1.54) is 19.3 Å². The third-order valence-electron chi connectivity index (χ3n) is 5.23. The highest BCUT2D eigenvalue weighted by molar-refractivity contribution is 4.99. The molecule has 0 radical (unpaired) electrons. The van der Waals surface area contributed by atoms with Gasteiger partial charge in [-0.1, -0.05) is 24.3 Å². The van der Waals surface area contributed by atoms with Gasteiger partial charge in [0.2, 0.25) is 0 Å². The minimum Gasteiger partial charge on any atom is -0.381 e. The van der Waals surface area contributed by atoms with Crippen molar-refractivity contribution >= 4 is 0 Å². The second-order valence-corrected chi connectivity index (χ2v) is 6.97. The van der Waals surface area contributed by atoms with Crippen LogP contribution in [0.1, 0.15) is 57.7 Å². The third kappa shape index (κ3) is 4.63. The maximum absolute atomic E-state index is 6.13. The molecule has 2 bridgehead atoms. The number of aryl methyl sites for hydroxylation is 1. The van der Waals surface area contributed by atoms with Gasteiger partial charge in [0.25, 0.3) is 0 Å². The number of fused-ring (bicyclic) bond motifs is 2. The minimum absolute atomic E-state index is 0.445. The molecule has 2 aliphatic rings. The number of H-pyrrole nitrogens is 1. The zero-order valence-electron chi connectivity index (χ0n) is 14.7. The fourth-order valence-corrected chi connectivity index (χ4v) is 4.00. The molecule has 3 rings (SSSR count). The zero-order chi connectivity index (χ0) is 16.6. The number of unbranched alkanes of at least 4 members (excludes halogenated alkanes) is 2. The number of aromatic amines is 1. The summed E-state index contributed by atoms with van der Waals surface area (Å²) in [6, 6.07) is 0. The summed E-state index contributed by atoms with van der Waals surface area (Å²) in [7, 11) is 0. The lowest BCUT2D eigenvalue weighted by molar-refractivity contribution is 0.0495. The number of hydrogen-bond acceptors (Lipinski definition) is 5. The largest absolute Gasteiger partial charge is 0.381 e. The Morgan fingerprint density at radius 3 is 2.88 bits per heavy atom. The van der Waals surface area contributed by atoms with Crippen LogP contribution in [-0.2, 0) is 15.9 Å². The predicted octanol–water partition coefficient (Wildman–Crippen LogP) is 3.08. The van der Waals surface area contributed by atoms with E-state index in [0.717, 1.165) is 51.1 Å². The average Bonchev–Trinajstić information content (AvgIpc) is 3.32. The summed E-state index contributed by atoms with van der Waals surface area (Å²) in [4.78, 5) is 0. The Morgan fingerprint density at radius 1 is 1.21 bits per heavy atom. The van der Waals surface area contributed by atoms with Crippen LogP contribution in [-0.4, -0.2) is 46.0 Å². The molecule has 2 fully saturated rings. The first kappa shape index (κ1) is 17.5. The van der Waals surface area contributed by atoms with Gasteiger partial charge in [0, 0.05) is 18.9 Å². The van der Waals surface area contributed by atoms with E-state index in [2.05, 4.69) is 39.7 Å². The van der Waals surface area contributed by atoms with E-state index in [1.807, 2.05) is 0 Å². The minimum atomic E-state index is 0.445. The quantitative estimate of drug-likeness (QED) is 0.497. The van der Waals surface area contributed by atoms with Crippen molar-refractivity contribution in [1.29, 1.82) is 0 Å². The molecule has 6 heteroatoms. The first-order valence-electron chi connectivity index (χ1n) is 9.49. The standard InChI is InChI=1S/C18H30N4O2/c1-2-12-23-13-15-14(16-10-11-17(15)24-16)8-6-4-3-5-7-9-18-19-21-22-20-18/h4,6,14-17H,2-3,5,7-13H2,1H3,(H,19,20,21,22)/t14-,15+,16-,17+/m1/s1. The highest BCUT2D eigenvalue weighted by atomic mass is 16.5. The monoisotopic (exact) mass is 334 g/mol. The number of tetrazole rings is 1. The van der Waals surface area contributed by atoms with Gasteiger partial charge in [0.15, 0.2) is 5.82 Å². The highest BCUT2D eigenvalue weighted by Crippen LogP contribution is 2.45. The van der Waals surface area contributed by atoms with Crippen LogP contribution in [0.5, 0.6) is 0 Å². The molecule has 1 aromatic heterocycles. The molecular weight excluding hydrogens is 304 g/mol. The Morgan fingerprint density at radius 2 is 2.08 bits per heavy atom. The number of ether oxygens (including phenoxy) is 2. The molecule has 2 aliphatic heterocycles. The van der Waals surface area contributed by atoms with Crippen molar-refractivity contribution in [3.05, 3.63) is 18.0 Å². The summed E-state index contributed by atoms with van der Waals surface area (Å²) in [6.07, 6.45) is 14.6. The van der Waals surface area contributed by atoms with Crippen molar-refractivity contribution in [3.63, 3.8) is 0 Å². The van der Waals surface area contributed by atoms with E-state index < -0.39 is 0 Å². The van der Waals surface area contributed by atoms with E-state index >= 15 is 0 Å². The number of hydrogen-bond donors (Lipinski definition) is 1. The number of rotatable bonds is 11. The molecule has 2 saturated heterocycles. The van der Waals surface area contributed by atoms with Gasteiger partial charge >= 0.3 is 0 Å². The first-order valence-corrected chi connectivity index (χ1v) is 9.49. The summed E-state index contributed by atoms with van der Waals surface area (Å²) in [5.74, 6) is 2.06. The van der Waals surface area contributed by atoms with Crippen LogP contribution in [0.2, 0.25) is 0 Å². The lowest BCUT2D eigenvalue weighted by atomic mass is 9.78. The molecule has 1 aromatic rings. The molecule has 3 heterocycles. The molecule has 0 aromatic carbocycles. The fourth-order valence-electron chi connectivity index (χ4n) is 4.00. The summed E-state index contributed by atoms with van der Waals surface area (Å²) < 4.78 is 11.9. The number of allylic oxidation sites excluding steroid dienone is 2. The Hall–Kier alpha value is -1.27. The van der Waals surface area contributed by atoms with Gasteiger partial charge in [-0.25, -0.2) is 0 Å². The Kier molecular flexibility index (Phi) is 6.78. The predicted molar refractivity (Wildman–Crippen MR) is 91.5 cm³/mol. The molecule has 0 aliphatic carbocycles. The van der Waals surface area contributed by atoms with Gasteiger partial charge in [-0.3, -0.25) is 0 Å². The smallest absolute Gasteiger partial charge is 0.174 e. The third-order valence-corrected chi connectivity index (χ3v) is 5.23. The van der Waals surface area contributed by atoms with Crippen LogP contribution < -0.4 is 0 Å². The van der Waals surface area contributed by atoms with E-state index in [4.69, 9.17) is 9.47 Å². The Balaban J connectivity index is 1.33. The molecular formula is C18H30N4O2. The number of nitrogens with one attached hydrogen (secondary N) is 1. The van der Waals surface area contributed by atoms with Gasteiger partial charge in [0.05, 0.1) is 18.8 Å². The molecule has 134 valence electrons. The average molecular weight is 334 g/mol. The van der Waals surface area contributed by atoms with Crippen molar-refractivity contribution in [2.75, 3.05) is 13.2 Å². The van der Waals surface area contributed by atoms with Crippen LogP contribution in [0.25, 0.3) is 0 Å².